The molecule has 1 aromatic heterocycles. The second-order valence-corrected chi connectivity index (χ2v) is 11.4. The molecular formula is C29H26BrClN4O3S. The van der Waals surface area contributed by atoms with E-state index in [1.165, 1.54) is 11.8 Å². The first-order chi connectivity index (χ1) is 18.9. The van der Waals surface area contributed by atoms with Gasteiger partial charge in [0.25, 0.3) is 0 Å². The van der Waals surface area contributed by atoms with Crippen molar-refractivity contribution >= 4 is 51.2 Å². The van der Waals surface area contributed by atoms with Crippen LogP contribution in [-0.4, -0.2) is 26.5 Å². The molecule has 0 saturated heterocycles. The number of hydrogen-bond donors (Lipinski definition) is 1. The van der Waals surface area contributed by atoms with Gasteiger partial charge in [0.15, 0.2) is 0 Å². The van der Waals surface area contributed by atoms with Crippen molar-refractivity contribution in [2.45, 2.75) is 38.3 Å². The molecule has 0 amide bonds. The minimum absolute atomic E-state index is 0.155. The summed E-state index contributed by atoms with van der Waals surface area (Å²) in [7, 11) is 0. The zero-order chi connectivity index (χ0) is 27.4. The summed E-state index contributed by atoms with van der Waals surface area (Å²) in [6, 6.07) is 22.2. The zero-order valence-electron chi connectivity index (χ0n) is 21.4. The Kier molecular flexibility index (Phi) is 8.60. The average Bonchev–Trinajstić information content (AvgIpc) is 3.33. The molecule has 2 heterocycles. The summed E-state index contributed by atoms with van der Waals surface area (Å²) < 4.78 is 14.7. The number of nitrogens with zero attached hydrogens (tertiary/aromatic N) is 3. The molecule has 0 aliphatic carbocycles. The SMILES string of the molecule is CCSc1nc2n(n1)C(c1cc(Br)ccc1OCc1ccc(Cl)cc1)C(C(=O)OCc1ccccc1)=C(C)N2. The third-order valence-electron chi connectivity index (χ3n) is 6.11. The monoisotopic (exact) mass is 624 g/mol. The number of esters is 1. The van der Waals surface area contributed by atoms with Crippen molar-refractivity contribution in [3.63, 3.8) is 0 Å². The second kappa shape index (κ2) is 12.3. The Bertz CT molecular complexity index is 1510. The van der Waals surface area contributed by atoms with Crippen LogP contribution >= 0.6 is 39.3 Å². The van der Waals surface area contributed by atoms with Gasteiger partial charge in [0.05, 0.1) is 5.57 Å². The quantitative estimate of drug-likeness (QED) is 0.153. The zero-order valence-corrected chi connectivity index (χ0v) is 24.5. The second-order valence-electron chi connectivity index (χ2n) is 8.82. The molecule has 7 nitrogen and oxygen atoms in total. The van der Waals surface area contributed by atoms with Gasteiger partial charge >= 0.3 is 5.97 Å². The number of nitrogens with one attached hydrogen (secondary N) is 1. The fraction of sp³-hybridized carbons (Fsp3) is 0.207. The molecule has 1 atom stereocenters. The lowest BCUT2D eigenvalue weighted by Gasteiger charge is -2.29. The summed E-state index contributed by atoms with van der Waals surface area (Å²) in [6.45, 7) is 4.38. The van der Waals surface area contributed by atoms with E-state index >= 15 is 0 Å². The van der Waals surface area contributed by atoms with Crippen LogP contribution in [0.1, 0.15) is 36.6 Å². The van der Waals surface area contributed by atoms with E-state index in [1.807, 2.05) is 86.6 Å². The fourth-order valence-electron chi connectivity index (χ4n) is 4.28. The van der Waals surface area contributed by atoms with Crippen LogP contribution in [0.25, 0.3) is 0 Å². The van der Waals surface area contributed by atoms with Crippen molar-refractivity contribution in [2.24, 2.45) is 0 Å². The number of allylic oxidation sites excluding steroid dienone is 1. The van der Waals surface area contributed by atoms with Crippen LogP contribution in [0.15, 0.2) is 93.7 Å². The predicted octanol–water partition coefficient (Wildman–Crippen LogP) is 7.42. The van der Waals surface area contributed by atoms with Crippen molar-refractivity contribution in [3.8, 4) is 5.75 Å². The number of ether oxygens (including phenoxy) is 2. The number of carbonyl (C=O) groups excluding carboxylic acids is 1. The molecule has 3 aromatic carbocycles. The van der Waals surface area contributed by atoms with Crippen LogP contribution in [0.2, 0.25) is 5.02 Å². The number of hydrogen-bond acceptors (Lipinski definition) is 7. The largest absolute Gasteiger partial charge is 0.489 e. The molecule has 1 aliphatic rings. The molecular weight excluding hydrogens is 600 g/mol. The van der Waals surface area contributed by atoms with Gasteiger partial charge in [-0.05, 0) is 54.1 Å². The Morgan fingerprint density at radius 1 is 1.08 bits per heavy atom. The van der Waals surface area contributed by atoms with Gasteiger partial charge in [-0.2, -0.15) is 4.98 Å². The Morgan fingerprint density at radius 3 is 2.56 bits per heavy atom. The van der Waals surface area contributed by atoms with Crippen LogP contribution in [0.4, 0.5) is 5.95 Å². The Morgan fingerprint density at radius 2 is 1.82 bits per heavy atom. The lowest BCUT2D eigenvalue weighted by molar-refractivity contribution is -0.140. The summed E-state index contributed by atoms with van der Waals surface area (Å²) in [5.41, 5.74) is 3.71. The third-order valence-corrected chi connectivity index (χ3v) is 7.58. The topological polar surface area (TPSA) is 78.3 Å². The summed E-state index contributed by atoms with van der Waals surface area (Å²) in [6.07, 6.45) is 0. The normalized spacial score (nSPS) is 14.5. The molecule has 4 aromatic rings. The predicted molar refractivity (Wildman–Crippen MR) is 157 cm³/mol. The summed E-state index contributed by atoms with van der Waals surface area (Å²) in [5.74, 6) is 1.55. The molecule has 0 bridgehead atoms. The standard InChI is InChI=1S/C29H26BrClN4O3S/c1-3-39-29-33-28-32-18(2)25(27(36)38-17-19-7-5-4-6-8-19)26(35(28)34-29)23-15-21(30)11-14-24(23)37-16-20-9-12-22(31)13-10-20/h4-15,26H,3,16-17H2,1-2H3,(H,32,33,34). The minimum atomic E-state index is -0.624. The van der Waals surface area contributed by atoms with Crippen molar-refractivity contribution in [3.05, 3.63) is 110 Å². The van der Waals surface area contributed by atoms with E-state index < -0.39 is 12.0 Å². The highest BCUT2D eigenvalue weighted by molar-refractivity contribution is 9.10. The maximum Gasteiger partial charge on any atom is 0.338 e. The Labute approximate surface area is 244 Å². The summed E-state index contributed by atoms with van der Waals surface area (Å²) in [5, 5.41) is 9.30. The van der Waals surface area contributed by atoms with Gasteiger partial charge < -0.3 is 14.8 Å². The molecule has 5 rings (SSSR count). The lowest BCUT2D eigenvalue weighted by Crippen LogP contribution is -2.30. The van der Waals surface area contributed by atoms with Crippen LogP contribution in [-0.2, 0) is 22.7 Å². The molecule has 39 heavy (non-hydrogen) atoms. The molecule has 0 saturated carbocycles. The molecule has 0 fully saturated rings. The first kappa shape index (κ1) is 27.3. The smallest absolute Gasteiger partial charge is 0.338 e. The number of halogens is 2. The van der Waals surface area contributed by atoms with Crippen LogP contribution in [0.3, 0.4) is 0 Å². The van der Waals surface area contributed by atoms with Crippen LogP contribution in [0.5, 0.6) is 5.75 Å². The maximum atomic E-state index is 13.7. The molecule has 0 radical (unpaired) electrons. The van der Waals surface area contributed by atoms with Gasteiger partial charge in [-0.3, -0.25) is 0 Å². The van der Waals surface area contributed by atoms with Gasteiger partial charge in [-0.1, -0.05) is 88.7 Å². The third kappa shape index (κ3) is 6.32. The molecule has 10 heteroatoms. The van der Waals surface area contributed by atoms with Gasteiger partial charge in [-0.15, -0.1) is 5.10 Å². The van der Waals surface area contributed by atoms with E-state index in [-0.39, 0.29) is 6.61 Å². The van der Waals surface area contributed by atoms with Crippen molar-refractivity contribution < 1.29 is 14.3 Å². The maximum absolute atomic E-state index is 13.7. The first-order valence-corrected chi connectivity index (χ1v) is 14.5. The number of benzene rings is 3. The van der Waals surface area contributed by atoms with Gasteiger partial charge in [0.2, 0.25) is 11.1 Å². The lowest BCUT2D eigenvalue weighted by atomic mass is 9.95. The minimum Gasteiger partial charge on any atom is -0.489 e. The van der Waals surface area contributed by atoms with E-state index in [2.05, 4.69) is 26.2 Å². The number of rotatable bonds is 9. The molecule has 1 unspecified atom stereocenters. The molecule has 200 valence electrons. The number of fused-ring (bicyclic) bond motifs is 1. The van der Waals surface area contributed by atoms with Gasteiger partial charge in [0, 0.05) is 20.8 Å². The highest BCUT2D eigenvalue weighted by atomic mass is 79.9. The first-order valence-electron chi connectivity index (χ1n) is 12.4. The van der Waals surface area contributed by atoms with Crippen LogP contribution < -0.4 is 10.1 Å². The molecule has 0 spiro atoms. The van der Waals surface area contributed by atoms with E-state index in [0.717, 1.165) is 26.9 Å². The van der Waals surface area contributed by atoms with E-state index in [9.17, 15) is 4.79 Å². The van der Waals surface area contributed by atoms with E-state index in [4.69, 9.17) is 26.2 Å². The van der Waals surface area contributed by atoms with Crippen LogP contribution in [0, 0.1) is 0 Å². The Hall–Kier alpha value is -3.27. The van der Waals surface area contributed by atoms with Crippen molar-refractivity contribution in [2.75, 3.05) is 11.1 Å². The average molecular weight is 626 g/mol. The number of aromatic nitrogens is 3. The van der Waals surface area contributed by atoms with E-state index in [1.54, 1.807) is 4.68 Å². The highest BCUT2D eigenvalue weighted by Crippen LogP contribution is 2.41. The number of carbonyl (C=O) groups is 1. The van der Waals surface area contributed by atoms with E-state index in [0.29, 0.717) is 39.8 Å². The summed E-state index contributed by atoms with van der Waals surface area (Å²) in [4.78, 5) is 18.3. The number of anilines is 1. The Balaban J connectivity index is 1.54. The highest BCUT2D eigenvalue weighted by Gasteiger charge is 2.37. The molecule has 1 aliphatic heterocycles. The van der Waals surface area contributed by atoms with Gasteiger partial charge in [-0.25, -0.2) is 9.48 Å². The van der Waals surface area contributed by atoms with Gasteiger partial charge in [0.1, 0.15) is 25.0 Å². The number of thioether (sulfide) groups is 1. The summed E-state index contributed by atoms with van der Waals surface area (Å²) >= 11 is 11.2. The van der Waals surface area contributed by atoms with Crippen molar-refractivity contribution in [1.29, 1.82) is 0 Å². The molecule has 1 N–H and O–H groups in total. The fourth-order valence-corrected chi connectivity index (χ4v) is 5.34. The van der Waals surface area contributed by atoms with Crippen molar-refractivity contribution in [1.82, 2.24) is 14.8 Å².